The third-order valence-corrected chi connectivity index (χ3v) is 3.74. The molecule has 1 aromatic carbocycles. The second-order valence-corrected chi connectivity index (χ2v) is 5.01. The molecule has 0 fully saturated rings. The van der Waals surface area contributed by atoms with Crippen LogP contribution >= 0.6 is 15.9 Å². The summed E-state index contributed by atoms with van der Waals surface area (Å²) in [4.78, 5) is -0.524. The van der Waals surface area contributed by atoms with Gasteiger partial charge in [0.25, 0.3) is 0 Å². The zero-order valence-corrected chi connectivity index (χ0v) is 11.5. The first-order valence-electron chi connectivity index (χ1n) is 4.34. The van der Waals surface area contributed by atoms with Crippen LogP contribution in [0.5, 0.6) is 11.5 Å². The number of hydrogen-bond acceptors (Lipinski definition) is 5. The Labute approximate surface area is 107 Å². The van der Waals surface area contributed by atoms with Gasteiger partial charge in [-0.1, -0.05) is 0 Å². The summed E-state index contributed by atoms with van der Waals surface area (Å²) < 4.78 is 49.4. The van der Waals surface area contributed by atoms with E-state index in [2.05, 4.69) is 20.7 Å². The van der Waals surface area contributed by atoms with Crippen LogP contribution in [-0.2, 0) is 15.0 Å². The lowest BCUT2D eigenvalue weighted by molar-refractivity contribution is 0.0483. The van der Waals surface area contributed by atoms with Crippen molar-refractivity contribution in [2.24, 2.45) is 0 Å². The van der Waals surface area contributed by atoms with Gasteiger partial charge < -0.3 is 14.2 Å². The zero-order valence-electron chi connectivity index (χ0n) is 9.07. The van der Waals surface area contributed by atoms with Crippen LogP contribution in [0.1, 0.15) is 0 Å². The summed E-state index contributed by atoms with van der Waals surface area (Å²) in [7, 11) is -2.05. The molecule has 0 aliphatic heterocycles. The summed E-state index contributed by atoms with van der Waals surface area (Å²) in [6, 6.07) is 2.38. The first kappa shape index (κ1) is 14.2. The van der Waals surface area contributed by atoms with E-state index >= 15 is 0 Å². The second-order valence-electron chi connectivity index (χ2n) is 2.90. The van der Waals surface area contributed by atoms with Crippen LogP contribution in [0.4, 0.5) is 3.89 Å². The van der Waals surface area contributed by atoms with Crippen molar-refractivity contribution in [2.45, 2.75) is 4.90 Å². The third kappa shape index (κ3) is 3.30. The molecule has 0 bridgehead atoms. The molecule has 0 atom stereocenters. The fourth-order valence-corrected chi connectivity index (χ4v) is 2.68. The van der Waals surface area contributed by atoms with Gasteiger partial charge in [-0.2, -0.15) is 8.42 Å². The fourth-order valence-electron chi connectivity index (χ4n) is 1.12. The van der Waals surface area contributed by atoms with Gasteiger partial charge in [0.15, 0.2) is 18.3 Å². The molecule has 96 valence electrons. The summed E-state index contributed by atoms with van der Waals surface area (Å²) >= 11 is 2.96. The number of rotatable bonds is 5. The SMILES string of the molecule is COCOc1c(OC)ccc(S(=O)(=O)F)c1Br. The molecule has 0 aliphatic rings. The van der Waals surface area contributed by atoms with Crippen molar-refractivity contribution < 1.29 is 26.5 Å². The van der Waals surface area contributed by atoms with Crippen molar-refractivity contribution in [1.29, 1.82) is 0 Å². The van der Waals surface area contributed by atoms with Gasteiger partial charge in [0, 0.05) is 7.11 Å². The highest BCUT2D eigenvalue weighted by atomic mass is 79.9. The lowest BCUT2D eigenvalue weighted by atomic mass is 10.3. The predicted octanol–water partition coefficient (Wildman–Crippen LogP) is 2.10. The molecule has 0 heterocycles. The molecule has 0 saturated heterocycles. The van der Waals surface area contributed by atoms with Crippen LogP contribution in [0.2, 0.25) is 0 Å². The monoisotopic (exact) mass is 328 g/mol. The second kappa shape index (κ2) is 5.65. The van der Waals surface area contributed by atoms with Gasteiger partial charge in [-0.25, -0.2) is 0 Å². The summed E-state index contributed by atoms with van der Waals surface area (Å²) in [6.45, 7) is -0.120. The van der Waals surface area contributed by atoms with Gasteiger partial charge in [-0.05, 0) is 28.1 Å². The zero-order chi connectivity index (χ0) is 13.1. The lowest BCUT2D eigenvalue weighted by Gasteiger charge is -2.13. The van der Waals surface area contributed by atoms with Crippen molar-refractivity contribution >= 4 is 26.2 Å². The summed E-state index contributed by atoms with van der Waals surface area (Å²) in [5.74, 6) is 0.328. The minimum atomic E-state index is -4.83. The molecule has 0 radical (unpaired) electrons. The number of methoxy groups -OCH3 is 2. The first-order chi connectivity index (χ1) is 7.91. The molecular weight excluding hydrogens is 319 g/mol. The molecule has 0 saturated carbocycles. The van der Waals surface area contributed by atoms with E-state index in [0.717, 1.165) is 6.07 Å². The molecule has 0 N–H and O–H groups in total. The van der Waals surface area contributed by atoms with E-state index < -0.39 is 15.1 Å². The Morgan fingerprint density at radius 2 is 2.00 bits per heavy atom. The van der Waals surface area contributed by atoms with E-state index in [-0.39, 0.29) is 22.8 Å². The largest absolute Gasteiger partial charge is 0.493 e. The molecule has 1 rings (SSSR count). The number of benzene rings is 1. The minimum absolute atomic E-state index is 0.0450. The van der Waals surface area contributed by atoms with Crippen molar-refractivity contribution in [2.75, 3.05) is 21.0 Å². The Bertz CT molecular complexity index is 502. The molecule has 5 nitrogen and oxygen atoms in total. The molecule has 0 amide bonds. The van der Waals surface area contributed by atoms with Crippen LogP contribution in [-0.4, -0.2) is 29.4 Å². The van der Waals surface area contributed by atoms with E-state index in [0.29, 0.717) is 0 Å². The van der Waals surface area contributed by atoms with Gasteiger partial charge >= 0.3 is 10.2 Å². The van der Waals surface area contributed by atoms with Gasteiger partial charge in [0.05, 0.1) is 11.6 Å². The average molecular weight is 329 g/mol. The molecule has 8 heteroatoms. The quantitative estimate of drug-likeness (QED) is 0.612. The van der Waals surface area contributed by atoms with Crippen LogP contribution in [0, 0.1) is 0 Å². The maximum atomic E-state index is 12.9. The van der Waals surface area contributed by atoms with Gasteiger partial charge in [0.2, 0.25) is 0 Å². The lowest BCUT2D eigenvalue weighted by Crippen LogP contribution is -2.04. The maximum Gasteiger partial charge on any atom is 0.333 e. The molecular formula is C9H10BrFO5S. The van der Waals surface area contributed by atoms with Crippen molar-refractivity contribution in [3.05, 3.63) is 16.6 Å². The highest BCUT2D eigenvalue weighted by Crippen LogP contribution is 2.40. The Kier molecular flexibility index (Phi) is 4.72. The van der Waals surface area contributed by atoms with E-state index in [9.17, 15) is 12.3 Å². The Morgan fingerprint density at radius 1 is 1.35 bits per heavy atom. The molecule has 0 spiro atoms. The van der Waals surface area contributed by atoms with E-state index in [1.54, 1.807) is 0 Å². The van der Waals surface area contributed by atoms with Gasteiger partial charge in [0.1, 0.15) is 4.90 Å². The topological polar surface area (TPSA) is 61.8 Å². The maximum absolute atomic E-state index is 12.9. The Hall–Kier alpha value is -0.860. The number of hydrogen-bond donors (Lipinski definition) is 0. The van der Waals surface area contributed by atoms with Crippen molar-refractivity contribution in [3.63, 3.8) is 0 Å². The smallest absolute Gasteiger partial charge is 0.333 e. The first-order valence-corrected chi connectivity index (χ1v) is 6.52. The standard InChI is InChI=1S/C9H10BrFO5S/c1-14-5-16-9-6(15-2)3-4-7(8(9)10)17(11,12)13/h3-4H,5H2,1-2H3. The number of halogens is 2. The van der Waals surface area contributed by atoms with Crippen LogP contribution in [0.15, 0.2) is 21.5 Å². The van der Waals surface area contributed by atoms with E-state index in [1.165, 1.54) is 20.3 Å². The summed E-state index contributed by atoms with van der Waals surface area (Å²) in [6.07, 6.45) is 0. The highest BCUT2D eigenvalue weighted by Gasteiger charge is 2.22. The van der Waals surface area contributed by atoms with Crippen LogP contribution < -0.4 is 9.47 Å². The third-order valence-electron chi connectivity index (χ3n) is 1.83. The molecule has 0 unspecified atom stereocenters. The van der Waals surface area contributed by atoms with E-state index in [1.807, 2.05) is 0 Å². The molecule has 0 aliphatic carbocycles. The Morgan fingerprint density at radius 3 is 2.47 bits per heavy atom. The van der Waals surface area contributed by atoms with Crippen LogP contribution in [0.25, 0.3) is 0 Å². The molecule has 1 aromatic rings. The minimum Gasteiger partial charge on any atom is -0.493 e. The van der Waals surface area contributed by atoms with Crippen LogP contribution in [0.3, 0.4) is 0 Å². The van der Waals surface area contributed by atoms with Gasteiger partial charge in [-0.3, -0.25) is 0 Å². The predicted molar refractivity (Wildman–Crippen MR) is 61.5 cm³/mol. The van der Waals surface area contributed by atoms with E-state index in [4.69, 9.17) is 9.47 Å². The highest BCUT2D eigenvalue weighted by molar-refractivity contribution is 9.10. The number of ether oxygens (including phenoxy) is 3. The average Bonchev–Trinajstić information content (AvgIpc) is 2.25. The normalized spacial score (nSPS) is 11.3. The fraction of sp³-hybridized carbons (Fsp3) is 0.333. The molecule has 0 aromatic heterocycles. The summed E-state index contributed by atoms with van der Waals surface area (Å²) in [5.41, 5.74) is 0. The Balaban J connectivity index is 3.32. The van der Waals surface area contributed by atoms with Crippen molar-refractivity contribution in [3.8, 4) is 11.5 Å². The molecule has 17 heavy (non-hydrogen) atoms. The summed E-state index contributed by atoms with van der Waals surface area (Å²) in [5, 5.41) is 0. The van der Waals surface area contributed by atoms with Crippen molar-refractivity contribution in [1.82, 2.24) is 0 Å². The van der Waals surface area contributed by atoms with Gasteiger partial charge in [-0.15, -0.1) is 3.89 Å².